The molecule has 0 saturated carbocycles. The Morgan fingerprint density at radius 3 is 2.78 bits per heavy atom. The van der Waals surface area contributed by atoms with Crippen molar-refractivity contribution in [3.63, 3.8) is 0 Å². The van der Waals surface area contributed by atoms with Crippen molar-refractivity contribution in [2.45, 2.75) is 52.3 Å². The number of carbonyl (C=O) groups is 1. The molecule has 2 amide bonds. The van der Waals surface area contributed by atoms with Crippen LogP contribution in [0.25, 0.3) is 0 Å². The van der Waals surface area contributed by atoms with Crippen LogP contribution in [0.4, 0.5) is 10.6 Å². The minimum absolute atomic E-state index is 0.0284. The van der Waals surface area contributed by atoms with E-state index in [1.54, 1.807) is 0 Å². The second-order valence-corrected chi connectivity index (χ2v) is 5.86. The number of hydrogen-bond donors (Lipinski definition) is 2. The Kier molecular flexibility index (Phi) is 6.65. The summed E-state index contributed by atoms with van der Waals surface area (Å²) in [5.41, 5.74) is 0.987. The molecule has 1 fully saturated rings. The van der Waals surface area contributed by atoms with Crippen LogP contribution < -0.4 is 15.5 Å². The Labute approximate surface area is 138 Å². The van der Waals surface area contributed by atoms with Crippen LogP contribution in [-0.2, 0) is 11.3 Å². The predicted molar refractivity (Wildman–Crippen MR) is 91.6 cm³/mol. The van der Waals surface area contributed by atoms with E-state index >= 15 is 0 Å². The van der Waals surface area contributed by atoms with E-state index in [1.807, 2.05) is 25.3 Å². The molecule has 0 aliphatic carbocycles. The van der Waals surface area contributed by atoms with E-state index in [0.717, 1.165) is 43.9 Å². The first-order valence-corrected chi connectivity index (χ1v) is 8.49. The van der Waals surface area contributed by atoms with Gasteiger partial charge in [0.1, 0.15) is 5.82 Å². The van der Waals surface area contributed by atoms with E-state index in [-0.39, 0.29) is 18.2 Å². The summed E-state index contributed by atoms with van der Waals surface area (Å²) in [5, 5.41) is 5.81. The van der Waals surface area contributed by atoms with Crippen LogP contribution >= 0.6 is 0 Å². The van der Waals surface area contributed by atoms with Gasteiger partial charge in [0, 0.05) is 32.4 Å². The lowest BCUT2D eigenvalue weighted by atomic mass is 10.1. The Bertz CT molecular complexity index is 482. The highest BCUT2D eigenvalue weighted by atomic mass is 16.5. The number of carbonyl (C=O) groups excluding carboxylic acids is 1. The van der Waals surface area contributed by atoms with Crippen molar-refractivity contribution in [1.29, 1.82) is 0 Å². The summed E-state index contributed by atoms with van der Waals surface area (Å²) in [7, 11) is 0. The summed E-state index contributed by atoms with van der Waals surface area (Å²) in [6.45, 7) is 9.34. The highest BCUT2D eigenvalue weighted by Crippen LogP contribution is 2.15. The fourth-order valence-electron chi connectivity index (χ4n) is 2.79. The van der Waals surface area contributed by atoms with Gasteiger partial charge in [-0.1, -0.05) is 6.07 Å². The van der Waals surface area contributed by atoms with Gasteiger partial charge in [-0.15, -0.1) is 0 Å². The van der Waals surface area contributed by atoms with E-state index in [2.05, 4.69) is 34.4 Å². The van der Waals surface area contributed by atoms with Crippen molar-refractivity contribution in [2.24, 2.45) is 0 Å². The van der Waals surface area contributed by atoms with Crippen molar-refractivity contribution < 1.29 is 9.53 Å². The fourth-order valence-corrected chi connectivity index (χ4v) is 2.79. The van der Waals surface area contributed by atoms with Gasteiger partial charge < -0.3 is 20.3 Å². The maximum atomic E-state index is 11.9. The first-order valence-electron chi connectivity index (χ1n) is 8.49. The molecule has 6 heteroatoms. The Morgan fingerprint density at radius 2 is 2.22 bits per heavy atom. The number of nitrogens with zero attached hydrogens (tertiary/aromatic N) is 2. The summed E-state index contributed by atoms with van der Waals surface area (Å²) in [6, 6.07) is 3.86. The van der Waals surface area contributed by atoms with E-state index in [0.29, 0.717) is 6.54 Å². The molecule has 1 aliphatic rings. The lowest BCUT2D eigenvalue weighted by molar-refractivity contribution is 0.0860. The SMILES string of the molecule is CCN(CC)c1ccc(CNC(=O)N[C@H](C)[C@@H]2CCCO2)cn1. The Morgan fingerprint density at radius 1 is 1.43 bits per heavy atom. The van der Waals surface area contributed by atoms with Gasteiger partial charge in [-0.3, -0.25) is 0 Å². The fraction of sp³-hybridized carbons (Fsp3) is 0.647. The molecule has 128 valence electrons. The minimum atomic E-state index is -0.166. The van der Waals surface area contributed by atoms with Crippen LogP contribution in [0.2, 0.25) is 0 Å². The number of anilines is 1. The van der Waals surface area contributed by atoms with Gasteiger partial charge in [0.2, 0.25) is 0 Å². The maximum Gasteiger partial charge on any atom is 0.315 e. The first-order chi connectivity index (χ1) is 11.1. The third-order valence-corrected chi connectivity index (χ3v) is 4.23. The van der Waals surface area contributed by atoms with Crippen molar-refractivity contribution in [3.05, 3.63) is 23.9 Å². The average Bonchev–Trinajstić information content (AvgIpc) is 3.10. The summed E-state index contributed by atoms with van der Waals surface area (Å²) >= 11 is 0. The van der Waals surface area contributed by atoms with Crippen molar-refractivity contribution in [2.75, 3.05) is 24.6 Å². The highest BCUT2D eigenvalue weighted by Gasteiger charge is 2.23. The zero-order chi connectivity index (χ0) is 16.7. The second kappa shape index (κ2) is 8.72. The van der Waals surface area contributed by atoms with Crippen LogP contribution in [0.3, 0.4) is 0 Å². The van der Waals surface area contributed by atoms with Crippen LogP contribution in [0, 0.1) is 0 Å². The molecule has 0 spiro atoms. The largest absolute Gasteiger partial charge is 0.376 e. The van der Waals surface area contributed by atoms with E-state index in [1.165, 1.54) is 0 Å². The summed E-state index contributed by atoms with van der Waals surface area (Å²) in [5.74, 6) is 0.968. The molecule has 2 rings (SSSR count). The molecule has 2 atom stereocenters. The molecule has 1 aliphatic heterocycles. The lowest BCUT2D eigenvalue weighted by Gasteiger charge is -2.21. The number of ether oxygens (including phenoxy) is 1. The number of urea groups is 1. The maximum absolute atomic E-state index is 11.9. The Hall–Kier alpha value is -1.82. The average molecular weight is 320 g/mol. The number of nitrogens with one attached hydrogen (secondary N) is 2. The predicted octanol–water partition coefficient (Wildman–Crippen LogP) is 2.29. The number of pyridine rings is 1. The molecule has 1 aromatic rings. The molecular weight excluding hydrogens is 292 g/mol. The summed E-state index contributed by atoms with van der Waals surface area (Å²) < 4.78 is 5.58. The molecule has 23 heavy (non-hydrogen) atoms. The van der Waals surface area contributed by atoms with E-state index < -0.39 is 0 Å². The molecule has 0 aromatic carbocycles. The van der Waals surface area contributed by atoms with Gasteiger partial charge >= 0.3 is 6.03 Å². The van der Waals surface area contributed by atoms with Crippen LogP contribution in [-0.4, -0.2) is 42.9 Å². The van der Waals surface area contributed by atoms with Crippen LogP contribution in [0.5, 0.6) is 0 Å². The quantitative estimate of drug-likeness (QED) is 0.809. The highest BCUT2D eigenvalue weighted by molar-refractivity contribution is 5.74. The van der Waals surface area contributed by atoms with Crippen LogP contribution in [0.15, 0.2) is 18.3 Å². The molecule has 0 radical (unpaired) electrons. The lowest BCUT2D eigenvalue weighted by Crippen LogP contribution is -2.45. The van der Waals surface area contributed by atoms with Gasteiger partial charge in [0.05, 0.1) is 12.1 Å². The zero-order valence-corrected chi connectivity index (χ0v) is 14.3. The zero-order valence-electron chi connectivity index (χ0n) is 14.3. The molecule has 0 bridgehead atoms. The number of amides is 2. The van der Waals surface area contributed by atoms with Gasteiger partial charge in [0.15, 0.2) is 0 Å². The van der Waals surface area contributed by atoms with E-state index in [9.17, 15) is 4.79 Å². The molecule has 2 N–H and O–H groups in total. The molecular formula is C17H28N4O2. The third kappa shape index (κ3) is 5.10. The topological polar surface area (TPSA) is 66.5 Å². The van der Waals surface area contributed by atoms with Crippen molar-refractivity contribution in [1.82, 2.24) is 15.6 Å². The van der Waals surface area contributed by atoms with Gasteiger partial charge in [0.25, 0.3) is 0 Å². The van der Waals surface area contributed by atoms with Gasteiger partial charge in [-0.25, -0.2) is 9.78 Å². The monoisotopic (exact) mass is 320 g/mol. The molecule has 0 unspecified atom stereocenters. The molecule has 1 saturated heterocycles. The molecule has 1 aromatic heterocycles. The van der Waals surface area contributed by atoms with Gasteiger partial charge in [-0.05, 0) is 45.2 Å². The van der Waals surface area contributed by atoms with Crippen LogP contribution in [0.1, 0.15) is 39.2 Å². The molecule has 6 nitrogen and oxygen atoms in total. The normalized spacial score (nSPS) is 18.5. The van der Waals surface area contributed by atoms with Gasteiger partial charge in [-0.2, -0.15) is 0 Å². The number of hydrogen-bond acceptors (Lipinski definition) is 4. The second-order valence-electron chi connectivity index (χ2n) is 5.86. The number of aromatic nitrogens is 1. The smallest absolute Gasteiger partial charge is 0.315 e. The third-order valence-electron chi connectivity index (χ3n) is 4.23. The standard InChI is InChI=1S/C17H28N4O2/c1-4-21(5-2)16-9-8-14(11-18-16)12-19-17(22)20-13(3)15-7-6-10-23-15/h8-9,11,13,15H,4-7,10,12H2,1-3H3,(H2,19,20,22)/t13-,15+/m1/s1. The minimum Gasteiger partial charge on any atom is -0.376 e. The Balaban J connectivity index is 1.77. The first kappa shape index (κ1) is 17.5. The van der Waals surface area contributed by atoms with Crippen molar-refractivity contribution in [3.8, 4) is 0 Å². The van der Waals surface area contributed by atoms with E-state index in [4.69, 9.17) is 4.74 Å². The van der Waals surface area contributed by atoms with Crippen molar-refractivity contribution >= 4 is 11.8 Å². The number of rotatable bonds is 7. The molecule has 2 heterocycles. The summed E-state index contributed by atoms with van der Waals surface area (Å²) in [4.78, 5) is 18.6. The summed E-state index contributed by atoms with van der Waals surface area (Å²) in [6.07, 6.45) is 4.04.